The van der Waals surface area contributed by atoms with E-state index in [0.29, 0.717) is 28.1 Å². The maximum Gasteiger partial charge on any atom is 0.427 e. The number of carbonyl (C=O) groups is 1. The molecule has 0 spiro atoms. The minimum Gasteiger partial charge on any atom is -0.489 e. The van der Waals surface area contributed by atoms with Crippen LogP contribution in [-0.2, 0) is 27.9 Å². The van der Waals surface area contributed by atoms with Gasteiger partial charge in [0.05, 0.1) is 35.2 Å². The second-order valence-electron chi connectivity index (χ2n) is 9.77. The summed E-state index contributed by atoms with van der Waals surface area (Å²) >= 11 is 0. The van der Waals surface area contributed by atoms with Crippen LogP contribution in [0.3, 0.4) is 0 Å². The van der Waals surface area contributed by atoms with Crippen molar-refractivity contribution in [2.75, 3.05) is 12.3 Å². The molecule has 0 saturated heterocycles. The molecule has 3 aromatic carbocycles. The molecule has 40 heavy (non-hydrogen) atoms. The Morgan fingerprint density at radius 3 is 2.33 bits per heavy atom. The molecule has 0 radical (unpaired) electrons. The summed E-state index contributed by atoms with van der Waals surface area (Å²) in [5.41, 5.74) is 8.29. The number of hydroxylamine groups is 1. The van der Waals surface area contributed by atoms with Crippen molar-refractivity contribution in [1.29, 1.82) is 5.26 Å². The van der Waals surface area contributed by atoms with Crippen LogP contribution >= 0.6 is 0 Å². The van der Waals surface area contributed by atoms with Gasteiger partial charge in [-0.05, 0) is 83.4 Å². The summed E-state index contributed by atoms with van der Waals surface area (Å²) in [6.45, 7) is 5.34. The summed E-state index contributed by atoms with van der Waals surface area (Å²) in [5.74, 6) is 0.476. The van der Waals surface area contributed by atoms with E-state index in [1.807, 2.05) is 6.07 Å². The third-order valence-electron chi connectivity index (χ3n) is 5.87. The average molecular weight is 567 g/mol. The molecule has 3 aromatic rings. The van der Waals surface area contributed by atoms with Crippen molar-refractivity contribution >= 4 is 21.8 Å². The lowest BCUT2D eigenvalue weighted by Gasteiger charge is -2.25. The molecule has 212 valence electrons. The van der Waals surface area contributed by atoms with Crippen LogP contribution in [0.1, 0.15) is 37.5 Å². The van der Waals surface area contributed by atoms with Crippen LogP contribution in [-0.4, -0.2) is 42.8 Å². The van der Waals surface area contributed by atoms with E-state index in [1.54, 1.807) is 56.3 Å². The third kappa shape index (κ3) is 8.71. The number of anilines is 1. The smallest absolute Gasteiger partial charge is 0.427 e. The molecule has 11 heteroatoms. The van der Waals surface area contributed by atoms with Crippen LogP contribution < -0.4 is 15.8 Å². The first kappa shape index (κ1) is 30.4. The number of aliphatic hydroxyl groups is 1. The summed E-state index contributed by atoms with van der Waals surface area (Å²) in [4.78, 5) is 18.0. The minimum absolute atomic E-state index is 0.0673. The first-order chi connectivity index (χ1) is 19.0. The Bertz CT molecular complexity index is 1420. The number of ether oxygens (including phenoxy) is 1. The van der Waals surface area contributed by atoms with Gasteiger partial charge in [0.15, 0.2) is 0 Å². The number of aliphatic hydroxyl groups excluding tert-OH is 1. The summed E-state index contributed by atoms with van der Waals surface area (Å²) in [7, 11) is -4.15. The molecule has 2 atom stereocenters. The number of nitrogens with zero attached hydrogens (tertiary/aromatic N) is 2. The molecule has 4 N–H and O–H groups in total. The Balaban J connectivity index is 1.63. The first-order valence-electron chi connectivity index (χ1n) is 12.7. The number of nitrogens with one attached hydrogen (secondary N) is 1. The van der Waals surface area contributed by atoms with Gasteiger partial charge in [0.1, 0.15) is 12.4 Å². The standard InChI is InChI=1S/C29H34N4O6S/c1-20(2)18-33(40(36,37)27-13-9-25(31)10-14-27)39-29(35)32-28(21(3)34)16-22-7-11-26(12-8-22)38-19-24-6-4-5-23(15-24)17-30/h4-15,20-21,28,34H,16,18-19,31H2,1-3H3,(H,32,35). The predicted molar refractivity (Wildman–Crippen MR) is 150 cm³/mol. The number of nitriles is 1. The highest BCUT2D eigenvalue weighted by atomic mass is 32.2. The van der Waals surface area contributed by atoms with Crippen LogP contribution in [0, 0.1) is 17.2 Å². The van der Waals surface area contributed by atoms with E-state index in [0.717, 1.165) is 11.1 Å². The van der Waals surface area contributed by atoms with E-state index in [-0.39, 0.29) is 23.8 Å². The molecule has 0 saturated carbocycles. The molecule has 1 amide bonds. The second-order valence-corrected chi connectivity index (χ2v) is 11.6. The highest BCUT2D eigenvalue weighted by Gasteiger charge is 2.30. The lowest BCUT2D eigenvalue weighted by molar-refractivity contribution is -0.0323. The zero-order valence-corrected chi connectivity index (χ0v) is 23.5. The molecule has 0 aliphatic rings. The fourth-order valence-corrected chi connectivity index (χ4v) is 5.10. The van der Waals surface area contributed by atoms with Crippen molar-refractivity contribution in [2.24, 2.45) is 5.92 Å². The van der Waals surface area contributed by atoms with E-state index in [2.05, 4.69) is 11.4 Å². The average Bonchev–Trinajstić information content (AvgIpc) is 2.92. The number of carbonyl (C=O) groups excluding carboxylic acids is 1. The molecular formula is C29H34N4O6S. The molecule has 0 bridgehead atoms. The lowest BCUT2D eigenvalue weighted by atomic mass is 10.0. The molecule has 0 aromatic heterocycles. The molecule has 0 fully saturated rings. The van der Waals surface area contributed by atoms with Crippen LogP contribution in [0.15, 0.2) is 77.7 Å². The maximum atomic E-state index is 13.1. The number of hydrogen-bond donors (Lipinski definition) is 3. The quantitative estimate of drug-likeness (QED) is 0.219. The van der Waals surface area contributed by atoms with Gasteiger partial charge in [0, 0.05) is 5.69 Å². The van der Waals surface area contributed by atoms with Crippen molar-refractivity contribution in [3.05, 3.63) is 89.5 Å². The number of benzene rings is 3. The predicted octanol–water partition coefficient (Wildman–Crippen LogP) is 4.00. The summed E-state index contributed by atoms with van der Waals surface area (Å²) in [6, 6.07) is 21.2. The van der Waals surface area contributed by atoms with Gasteiger partial charge in [-0.3, -0.25) is 0 Å². The summed E-state index contributed by atoms with van der Waals surface area (Å²) < 4.78 is 32.7. The Hall–Kier alpha value is -4.11. The second kappa shape index (κ2) is 13.8. The molecule has 0 aliphatic heterocycles. The van der Waals surface area contributed by atoms with E-state index in [4.69, 9.17) is 20.6 Å². The van der Waals surface area contributed by atoms with Gasteiger partial charge >= 0.3 is 6.09 Å². The minimum atomic E-state index is -4.15. The lowest BCUT2D eigenvalue weighted by Crippen LogP contribution is -2.47. The van der Waals surface area contributed by atoms with Crippen molar-refractivity contribution in [2.45, 2.75) is 50.8 Å². The van der Waals surface area contributed by atoms with Gasteiger partial charge in [-0.2, -0.15) is 5.26 Å². The topological polar surface area (TPSA) is 155 Å². The van der Waals surface area contributed by atoms with Crippen LogP contribution in [0.25, 0.3) is 0 Å². The van der Waals surface area contributed by atoms with E-state index < -0.39 is 28.3 Å². The number of hydrogen-bond acceptors (Lipinski definition) is 8. The molecule has 0 heterocycles. The van der Waals surface area contributed by atoms with E-state index in [1.165, 1.54) is 31.2 Å². The van der Waals surface area contributed by atoms with Crippen LogP contribution in [0.2, 0.25) is 0 Å². The summed E-state index contributed by atoms with van der Waals surface area (Å²) in [5, 5.41) is 21.9. The fraction of sp³-hybridized carbons (Fsp3) is 0.310. The fourth-order valence-electron chi connectivity index (χ4n) is 3.73. The number of amides is 1. The van der Waals surface area contributed by atoms with Gasteiger partial charge in [0.25, 0.3) is 10.0 Å². The third-order valence-corrected chi connectivity index (χ3v) is 7.50. The maximum absolute atomic E-state index is 13.1. The van der Waals surface area contributed by atoms with E-state index >= 15 is 0 Å². The largest absolute Gasteiger partial charge is 0.489 e. The molecular weight excluding hydrogens is 532 g/mol. The SMILES string of the molecule is CC(C)CN(OC(=O)NC(Cc1ccc(OCc2cccc(C#N)c2)cc1)C(C)O)S(=O)(=O)c1ccc(N)cc1. The van der Waals surface area contributed by atoms with Crippen molar-refractivity contribution in [3.63, 3.8) is 0 Å². The van der Waals surface area contributed by atoms with Gasteiger partial charge in [-0.15, -0.1) is 0 Å². The number of nitrogen functional groups attached to an aromatic ring is 1. The first-order valence-corrected chi connectivity index (χ1v) is 14.2. The van der Waals surface area contributed by atoms with Gasteiger partial charge in [0.2, 0.25) is 0 Å². The van der Waals surface area contributed by atoms with Crippen LogP contribution in [0.4, 0.5) is 10.5 Å². The number of rotatable bonds is 12. The highest BCUT2D eigenvalue weighted by molar-refractivity contribution is 7.89. The summed E-state index contributed by atoms with van der Waals surface area (Å²) in [6.07, 6.45) is -1.71. The van der Waals surface area contributed by atoms with Crippen molar-refractivity contribution in [3.8, 4) is 11.8 Å². The Kier molecular flexibility index (Phi) is 10.5. The Labute approximate surface area is 234 Å². The number of nitrogens with two attached hydrogens (primary N) is 1. The zero-order chi connectivity index (χ0) is 29.3. The monoisotopic (exact) mass is 566 g/mol. The Morgan fingerprint density at radius 1 is 1.05 bits per heavy atom. The van der Waals surface area contributed by atoms with Crippen molar-refractivity contribution in [1.82, 2.24) is 9.79 Å². The zero-order valence-electron chi connectivity index (χ0n) is 22.7. The molecule has 0 aliphatic carbocycles. The van der Waals surface area contributed by atoms with Gasteiger partial charge < -0.3 is 25.7 Å². The highest BCUT2D eigenvalue weighted by Crippen LogP contribution is 2.20. The van der Waals surface area contributed by atoms with Crippen LogP contribution in [0.5, 0.6) is 5.75 Å². The molecule has 3 rings (SSSR count). The van der Waals surface area contributed by atoms with E-state index in [9.17, 15) is 18.3 Å². The normalized spacial score (nSPS) is 12.9. The molecule has 2 unspecified atom stereocenters. The van der Waals surface area contributed by atoms with Gasteiger partial charge in [-0.25, -0.2) is 13.2 Å². The van der Waals surface area contributed by atoms with Gasteiger partial charge in [-0.1, -0.05) is 38.1 Å². The molecule has 10 nitrogen and oxygen atoms in total. The Morgan fingerprint density at radius 2 is 1.73 bits per heavy atom. The van der Waals surface area contributed by atoms with Crippen molar-refractivity contribution < 1.29 is 27.9 Å². The number of sulfonamides is 1.